The summed E-state index contributed by atoms with van der Waals surface area (Å²) >= 11 is 0. The third-order valence-electron chi connectivity index (χ3n) is 1.90. The smallest absolute Gasteiger partial charge is 0.242 e. The third-order valence-corrected chi connectivity index (χ3v) is 1.90. The highest BCUT2D eigenvalue weighted by molar-refractivity contribution is 5.66. The summed E-state index contributed by atoms with van der Waals surface area (Å²) in [5, 5.41) is 11.5. The van der Waals surface area contributed by atoms with Gasteiger partial charge in [0.2, 0.25) is 5.88 Å². The van der Waals surface area contributed by atoms with E-state index in [4.69, 9.17) is 20.3 Å². The van der Waals surface area contributed by atoms with Gasteiger partial charge in [-0.2, -0.15) is 4.98 Å². The highest BCUT2D eigenvalue weighted by Gasteiger charge is 2.07. The summed E-state index contributed by atoms with van der Waals surface area (Å²) in [6.45, 7) is 3.72. The molecule has 1 heterocycles. The average molecular weight is 242 g/mol. The number of nitrogens with two attached hydrogens (primary N) is 1. The van der Waals surface area contributed by atoms with E-state index >= 15 is 0 Å². The molecule has 0 unspecified atom stereocenters. The maximum absolute atomic E-state index is 8.52. The minimum Gasteiger partial charge on any atom is -0.476 e. The van der Waals surface area contributed by atoms with Gasteiger partial charge in [-0.1, -0.05) is 0 Å². The van der Waals surface area contributed by atoms with Crippen LogP contribution in [0.1, 0.15) is 6.92 Å². The van der Waals surface area contributed by atoms with Crippen molar-refractivity contribution in [1.82, 2.24) is 9.97 Å². The predicted octanol–water partition coefficient (Wildman–Crippen LogP) is -0.122. The summed E-state index contributed by atoms with van der Waals surface area (Å²) in [6.07, 6.45) is 1.39. The minimum absolute atomic E-state index is 0.0180. The van der Waals surface area contributed by atoms with Crippen molar-refractivity contribution in [2.75, 3.05) is 44.0 Å². The molecule has 0 spiro atoms. The van der Waals surface area contributed by atoms with Crippen molar-refractivity contribution in [3.05, 3.63) is 6.33 Å². The van der Waals surface area contributed by atoms with Crippen LogP contribution in [0.5, 0.6) is 5.88 Å². The summed E-state index contributed by atoms with van der Waals surface area (Å²) in [6, 6.07) is 0. The zero-order chi connectivity index (χ0) is 12.5. The Labute approximate surface area is 100.0 Å². The second kappa shape index (κ2) is 7.64. The zero-order valence-corrected chi connectivity index (χ0v) is 9.85. The van der Waals surface area contributed by atoms with Crippen LogP contribution in [0.15, 0.2) is 6.33 Å². The lowest BCUT2D eigenvalue weighted by molar-refractivity contribution is 0.0992. The number of rotatable bonds is 8. The number of anilines is 2. The number of aromatic nitrogens is 2. The van der Waals surface area contributed by atoms with Crippen LogP contribution in [0, 0.1) is 0 Å². The van der Waals surface area contributed by atoms with Gasteiger partial charge in [-0.05, 0) is 6.92 Å². The molecule has 1 aromatic heterocycles. The van der Waals surface area contributed by atoms with E-state index in [0.29, 0.717) is 43.8 Å². The van der Waals surface area contributed by atoms with Crippen molar-refractivity contribution in [1.29, 1.82) is 0 Å². The van der Waals surface area contributed by atoms with Gasteiger partial charge >= 0.3 is 0 Å². The molecular weight excluding hydrogens is 224 g/mol. The standard InChI is InChI=1S/C10H18N4O3/c1-2-17-10-8(11)9(13-7-14-10)12-3-5-16-6-4-15/h7,15H,2-6,11H2,1H3,(H,12,13,14). The number of nitrogen functional groups attached to an aromatic ring is 1. The Bertz CT molecular complexity index is 335. The van der Waals surface area contributed by atoms with Crippen LogP contribution >= 0.6 is 0 Å². The van der Waals surface area contributed by atoms with Crippen molar-refractivity contribution in [3.8, 4) is 5.88 Å². The van der Waals surface area contributed by atoms with Crippen LogP contribution in [0.25, 0.3) is 0 Å². The van der Waals surface area contributed by atoms with E-state index < -0.39 is 0 Å². The molecule has 0 amide bonds. The maximum atomic E-state index is 8.52. The molecule has 7 heteroatoms. The van der Waals surface area contributed by atoms with Crippen molar-refractivity contribution in [2.24, 2.45) is 0 Å². The Hall–Kier alpha value is -1.60. The molecule has 0 bridgehead atoms. The lowest BCUT2D eigenvalue weighted by Crippen LogP contribution is -2.14. The van der Waals surface area contributed by atoms with Crippen LogP contribution in [-0.2, 0) is 4.74 Å². The average Bonchev–Trinajstić information content (AvgIpc) is 2.33. The molecular formula is C10H18N4O3. The van der Waals surface area contributed by atoms with Crippen LogP contribution in [-0.4, -0.2) is 48.0 Å². The summed E-state index contributed by atoms with van der Waals surface area (Å²) in [5.74, 6) is 0.900. The SMILES string of the molecule is CCOc1ncnc(NCCOCCO)c1N. The van der Waals surface area contributed by atoms with Gasteiger partial charge in [-0.15, -0.1) is 0 Å². The molecule has 0 saturated carbocycles. The Morgan fingerprint density at radius 1 is 1.41 bits per heavy atom. The molecule has 0 aliphatic rings. The van der Waals surface area contributed by atoms with Gasteiger partial charge in [0.15, 0.2) is 5.82 Å². The van der Waals surface area contributed by atoms with Crippen LogP contribution < -0.4 is 15.8 Å². The summed E-state index contributed by atoms with van der Waals surface area (Å²) in [4.78, 5) is 7.93. The fourth-order valence-electron chi connectivity index (χ4n) is 1.18. The van der Waals surface area contributed by atoms with E-state index in [1.165, 1.54) is 6.33 Å². The van der Waals surface area contributed by atoms with Crippen molar-refractivity contribution in [3.63, 3.8) is 0 Å². The zero-order valence-electron chi connectivity index (χ0n) is 9.85. The second-order valence-corrected chi connectivity index (χ2v) is 3.14. The van der Waals surface area contributed by atoms with Gasteiger partial charge < -0.3 is 25.6 Å². The molecule has 96 valence electrons. The lowest BCUT2D eigenvalue weighted by atomic mass is 10.4. The fourth-order valence-corrected chi connectivity index (χ4v) is 1.18. The quantitative estimate of drug-likeness (QED) is 0.546. The van der Waals surface area contributed by atoms with E-state index in [1.807, 2.05) is 6.92 Å². The van der Waals surface area contributed by atoms with Gasteiger partial charge in [-0.25, -0.2) is 4.98 Å². The Morgan fingerprint density at radius 2 is 2.24 bits per heavy atom. The molecule has 7 nitrogen and oxygen atoms in total. The fraction of sp³-hybridized carbons (Fsp3) is 0.600. The summed E-state index contributed by atoms with van der Waals surface area (Å²) < 4.78 is 10.3. The number of ether oxygens (including phenoxy) is 2. The minimum atomic E-state index is 0.0180. The Balaban J connectivity index is 2.44. The number of aliphatic hydroxyl groups is 1. The van der Waals surface area contributed by atoms with Crippen LogP contribution in [0.3, 0.4) is 0 Å². The molecule has 0 radical (unpaired) electrons. The molecule has 0 aliphatic heterocycles. The van der Waals surface area contributed by atoms with Gasteiger partial charge in [0.05, 0.1) is 26.4 Å². The number of aliphatic hydroxyl groups excluding tert-OH is 1. The van der Waals surface area contributed by atoms with Gasteiger partial charge in [-0.3, -0.25) is 0 Å². The van der Waals surface area contributed by atoms with Crippen molar-refractivity contribution >= 4 is 11.5 Å². The molecule has 0 aliphatic carbocycles. The normalized spacial score (nSPS) is 10.2. The van der Waals surface area contributed by atoms with E-state index in [1.54, 1.807) is 0 Å². The molecule has 17 heavy (non-hydrogen) atoms. The van der Waals surface area contributed by atoms with Gasteiger partial charge in [0, 0.05) is 6.54 Å². The summed E-state index contributed by atoms with van der Waals surface area (Å²) in [7, 11) is 0. The highest BCUT2D eigenvalue weighted by Crippen LogP contribution is 2.23. The number of nitrogens with one attached hydrogen (secondary N) is 1. The van der Waals surface area contributed by atoms with Gasteiger partial charge in [0.25, 0.3) is 0 Å². The van der Waals surface area contributed by atoms with Crippen LogP contribution in [0.2, 0.25) is 0 Å². The Morgan fingerprint density at radius 3 is 2.94 bits per heavy atom. The molecule has 1 rings (SSSR count). The molecule has 4 N–H and O–H groups in total. The largest absolute Gasteiger partial charge is 0.476 e. The van der Waals surface area contributed by atoms with E-state index in [-0.39, 0.29) is 6.61 Å². The van der Waals surface area contributed by atoms with E-state index in [9.17, 15) is 0 Å². The van der Waals surface area contributed by atoms with Crippen molar-refractivity contribution < 1.29 is 14.6 Å². The first-order chi connectivity index (χ1) is 8.29. The highest BCUT2D eigenvalue weighted by atomic mass is 16.5. The summed E-state index contributed by atoms with van der Waals surface area (Å²) in [5.41, 5.74) is 6.20. The van der Waals surface area contributed by atoms with E-state index in [2.05, 4.69) is 15.3 Å². The molecule has 0 saturated heterocycles. The first-order valence-electron chi connectivity index (χ1n) is 5.45. The molecule has 1 aromatic rings. The Kier molecular flexibility index (Phi) is 6.05. The van der Waals surface area contributed by atoms with E-state index in [0.717, 1.165) is 0 Å². The third kappa shape index (κ3) is 4.41. The predicted molar refractivity (Wildman–Crippen MR) is 64.0 cm³/mol. The molecule has 0 atom stereocenters. The second-order valence-electron chi connectivity index (χ2n) is 3.14. The topological polar surface area (TPSA) is 103 Å². The maximum Gasteiger partial charge on any atom is 0.242 e. The monoisotopic (exact) mass is 242 g/mol. The van der Waals surface area contributed by atoms with Crippen molar-refractivity contribution in [2.45, 2.75) is 6.92 Å². The lowest BCUT2D eigenvalue weighted by Gasteiger charge is -2.10. The molecule has 0 fully saturated rings. The van der Waals surface area contributed by atoms with Crippen LogP contribution in [0.4, 0.5) is 11.5 Å². The number of hydrogen-bond donors (Lipinski definition) is 3. The first-order valence-corrected chi connectivity index (χ1v) is 5.45. The number of nitrogens with zero attached hydrogens (tertiary/aromatic N) is 2. The number of hydrogen-bond acceptors (Lipinski definition) is 7. The first kappa shape index (κ1) is 13.5. The molecule has 0 aromatic carbocycles. The van der Waals surface area contributed by atoms with Gasteiger partial charge in [0.1, 0.15) is 12.0 Å².